The van der Waals surface area contributed by atoms with Crippen LogP contribution in [0.5, 0.6) is 0 Å². The standard InChI is InChI=1S/C16H20BrFN2O3/c17-12-3-6-14(18)11(9-12)7-8-19-16(23)20-13-4-1-10(2-5-13)15(21)22/h3,6,9-10,13H,1-2,4-5,7-8H2,(H,21,22)(H2,19,20,23). The lowest BCUT2D eigenvalue weighted by atomic mass is 9.86. The minimum Gasteiger partial charge on any atom is -0.481 e. The highest BCUT2D eigenvalue weighted by atomic mass is 79.9. The molecule has 0 unspecified atom stereocenters. The van der Waals surface area contributed by atoms with E-state index in [-0.39, 0.29) is 23.8 Å². The highest BCUT2D eigenvalue weighted by Crippen LogP contribution is 2.24. The van der Waals surface area contributed by atoms with Gasteiger partial charge in [-0.15, -0.1) is 0 Å². The summed E-state index contributed by atoms with van der Waals surface area (Å²) in [7, 11) is 0. The van der Waals surface area contributed by atoms with Gasteiger partial charge in [-0.1, -0.05) is 15.9 Å². The summed E-state index contributed by atoms with van der Waals surface area (Å²) < 4.78 is 14.4. The van der Waals surface area contributed by atoms with Crippen molar-refractivity contribution in [2.75, 3.05) is 6.54 Å². The highest BCUT2D eigenvalue weighted by Gasteiger charge is 2.26. The van der Waals surface area contributed by atoms with Gasteiger partial charge in [-0.2, -0.15) is 0 Å². The van der Waals surface area contributed by atoms with Crippen molar-refractivity contribution >= 4 is 27.9 Å². The van der Waals surface area contributed by atoms with Gasteiger partial charge in [-0.25, -0.2) is 9.18 Å². The number of carbonyl (C=O) groups is 2. The largest absolute Gasteiger partial charge is 0.481 e. The van der Waals surface area contributed by atoms with Crippen molar-refractivity contribution in [2.45, 2.75) is 38.1 Å². The number of amides is 2. The Kier molecular flexibility index (Phi) is 6.38. The van der Waals surface area contributed by atoms with Gasteiger partial charge in [0.15, 0.2) is 0 Å². The molecule has 0 aromatic heterocycles. The van der Waals surface area contributed by atoms with Gasteiger partial charge >= 0.3 is 12.0 Å². The first-order valence-electron chi connectivity index (χ1n) is 7.67. The molecule has 1 aliphatic carbocycles. The number of hydrogen-bond donors (Lipinski definition) is 3. The lowest BCUT2D eigenvalue weighted by Crippen LogP contribution is -2.44. The number of carbonyl (C=O) groups excluding carboxylic acids is 1. The number of halogens is 2. The average molecular weight is 387 g/mol. The zero-order chi connectivity index (χ0) is 16.8. The number of rotatable bonds is 5. The van der Waals surface area contributed by atoms with Crippen LogP contribution in [0.4, 0.5) is 9.18 Å². The molecule has 0 aliphatic heterocycles. The average Bonchev–Trinajstić information content (AvgIpc) is 2.51. The first-order valence-corrected chi connectivity index (χ1v) is 8.46. The van der Waals surface area contributed by atoms with E-state index >= 15 is 0 Å². The Morgan fingerprint density at radius 3 is 2.61 bits per heavy atom. The second kappa shape index (κ2) is 8.29. The Bertz CT molecular complexity index is 574. The summed E-state index contributed by atoms with van der Waals surface area (Å²) in [6.07, 6.45) is 2.92. The molecule has 0 spiro atoms. The van der Waals surface area contributed by atoms with E-state index in [1.54, 1.807) is 12.1 Å². The van der Waals surface area contributed by atoms with Crippen LogP contribution in [0.15, 0.2) is 22.7 Å². The third kappa shape index (κ3) is 5.49. The van der Waals surface area contributed by atoms with Gasteiger partial charge in [0.25, 0.3) is 0 Å². The maximum Gasteiger partial charge on any atom is 0.315 e. The first kappa shape index (κ1) is 17.7. The van der Waals surface area contributed by atoms with Gasteiger partial charge < -0.3 is 15.7 Å². The van der Waals surface area contributed by atoms with E-state index in [0.29, 0.717) is 44.2 Å². The molecule has 7 heteroatoms. The topological polar surface area (TPSA) is 78.4 Å². The molecular formula is C16H20BrFN2O3. The van der Waals surface area contributed by atoms with E-state index in [2.05, 4.69) is 26.6 Å². The zero-order valence-corrected chi connectivity index (χ0v) is 14.2. The molecule has 1 saturated carbocycles. The van der Waals surface area contributed by atoms with Crippen LogP contribution in [0, 0.1) is 11.7 Å². The Hall–Kier alpha value is -1.63. The molecule has 2 rings (SSSR count). The van der Waals surface area contributed by atoms with Crippen molar-refractivity contribution in [1.29, 1.82) is 0 Å². The molecule has 1 aromatic carbocycles. The molecule has 3 N–H and O–H groups in total. The molecule has 23 heavy (non-hydrogen) atoms. The summed E-state index contributed by atoms with van der Waals surface area (Å²) >= 11 is 3.29. The Morgan fingerprint density at radius 2 is 1.96 bits per heavy atom. The lowest BCUT2D eigenvalue weighted by Gasteiger charge is -2.26. The minimum absolute atomic E-state index is 0.00760. The van der Waals surface area contributed by atoms with Crippen molar-refractivity contribution in [3.05, 3.63) is 34.1 Å². The quantitative estimate of drug-likeness (QED) is 0.727. The van der Waals surface area contributed by atoms with Crippen molar-refractivity contribution in [1.82, 2.24) is 10.6 Å². The van der Waals surface area contributed by atoms with E-state index in [1.165, 1.54) is 6.07 Å². The van der Waals surface area contributed by atoms with Gasteiger partial charge in [-0.3, -0.25) is 4.79 Å². The molecule has 0 atom stereocenters. The van der Waals surface area contributed by atoms with E-state index in [1.807, 2.05) is 0 Å². The summed E-state index contributed by atoms with van der Waals surface area (Å²) in [6.45, 7) is 0.337. The molecule has 0 bridgehead atoms. The van der Waals surface area contributed by atoms with Crippen LogP contribution in [0.25, 0.3) is 0 Å². The second-order valence-electron chi connectivity index (χ2n) is 5.77. The molecule has 0 saturated heterocycles. The number of carboxylic acids is 1. The SMILES string of the molecule is O=C(NCCc1cc(Br)ccc1F)NC1CCC(C(=O)O)CC1. The van der Waals surface area contributed by atoms with Gasteiger partial charge in [0.05, 0.1) is 5.92 Å². The third-order valence-corrected chi connectivity index (χ3v) is 4.59. The fourth-order valence-electron chi connectivity index (χ4n) is 2.77. The number of urea groups is 1. The monoisotopic (exact) mass is 386 g/mol. The van der Waals surface area contributed by atoms with E-state index in [4.69, 9.17) is 5.11 Å². The molecule has 0 radical (unpaired) electrons. The zero-order valence-electron chi connectivity index (χ0n) is 12.6. The summed E-state index contributed by atoms with van der Waals surface area (Å²) in [5.41, 5.74) is 0.543. The smallest absolute Gasteiger partial charge is 0.315 e. The van der Waals surface area contributed by atoms with E-state index < -0.39 is 5.97 Å². The van der Waals surface area contributed by atoms with Crippen LogP contribution in [-0.2, 0) is 11.2 Å². The summed E-state index contributed by atoms with van der Waals surface area (Å²) in [5, 5.41) is 14.5. The second-order valence-corrected chi connectivity index (χ2v) is 6.69. The van der Waals surface area contributed by atoms with Crippen molar-refractivity contribution in [3.63, 3.8) is 0 Å². The number of aliphatic carboxylic acids is 1. The minimum atomic E-state index is -0.760. The van der Waals surface area contributed by atoms with E-state index in [9.17, 15) is 14.0 Å². The highest BCUT2D eigenvalue weighted by molar-refractivity contribution is 9.10. The lowest BCUT2D eigenvalue weighted by molar-refractivity contribution is -0.142. The predicted octanol–water partition coefficient (Wildman–Crippen LogP) is 3.07. The van der Waals surface area contributed by atoms with Crippen molar-refractivity contribution in [3.8, 4) is 0 Å². The molecule has 126 valence electrons. The number of benzene rings is 1. The third-order valence-electron chi connectivity index (χ3n) is 4.10. The van der Waals surface area contributed by atoms with Gasteiger partial charge in [0, 0.05) is 17.1 Å². The molecule has 1 aromatic rings. The normalized spacial score (nSPS) is 20.8. The molecule has 1 fully saturated rings. The molecule has 2 amide bonds. The maximum absolute atomic E-state index is 13.6. The van der Waals surface area contributed by atoms with E-state index in [0.717, 1.165) is 4.47 Å². The van der Waals surface area contributed by atoms with Crippen LogP contribution in [-0.4, -0.2) is 29.7 Å². The van der Waals surface area contributed by atoms with Gasteiger partial charge in [0.2, 0.25) is 0 Å². The van der Waals surface area contributed by atoms with Crippen LogP contribution >= 0.6 is 15.9 Å². The fourth-order valence-corrected chi connectivity index (χ4v) is 3.18. The summed E-state index contributed by atoms with van der Waals surface area (Å²) in [6, 6.07) is 4.43. The molecule has 5 nitrogen and oxygen atoms in total. The fraction of sp³-hybridized carbons (Fsp3) is 0.500. The van der Waals surface area contributed by atoms with Gasteiger partial charge in [0.1, 0.15) is 5.82 Å². The molecule has 1 aliphatic rings. The predicted molar refractivity (Wildman–Crippen MR) is 87.7 cm³/mol. The Morgan fingerprint density at radius 1 is 1.26 bits per heavy atom. The molecular weight excluding hydrogens is 367 g/mol. The maximum atomic E-state index is 13.6. The van der Waals surface area contributed by atoms with Crippen LogP contribution in [0.1, 0.15) is 31.2 Å². The van der Waals surface area contributed by atoms with Crippen LogP contribution < -0.4 is 10.6 Å². The summed E-state index contributed by atoms with van der Waals surface area (Å²) in [4.78, 5) is 22.7. The van der Waals surface area contributed by atoms with Crippen LogP contribution in [0.3, 0.4) is 0 Å². The number of nitrogens with one attached hydrogen (secondary N) is 2. The van der Waals surface area contributed by atoms with Gasteiger partial charge in [-0.05, 0) is 55.9 Å². The summed E-state index contributed by atoms with van der Waals surface area (Å²) in [5.74, 6) is -1.35. The van der Waals surface area contributed by atoms with Crippen LogP contribution in [0.2, 0.25) is 0 Å². The van der Waals surface area contributed by atoms with Crippen molar-refractivity contribution < 1.29 is 19.1 Å². The first-order chi connectivity index (χ1) is 11.0. The Balaban J connectivity index is 1.69. The Labute approximate surface area is 142 Å². The number of carboxylic acid groups (broad SMARTS) is 1. The number of hydrogen-bond acceptors (Lipinski definition) is 2. The molecule has 0 heterocycles. The van der Waals surface area contributed by atoms with Crippen molar-refractivity contribution in [2.24, 2.45) is 5.92 Å².